The van der Waals surface area contributed by atoms with Gasteiger partial charge >= 0.3 is 0 Å². The quantitative estimate of drug-likeness (QED) is 0.899. The molecule has 0 aliphatic carbocycles. The van der Waals surface area contributed by atoms with Crippen molar-refractivity contribution >= 4 is 17.5 Å². The van der Waals surface area contributed by atoms with Gasteiger partial charge in [0.15, 0.2) is 0 Å². The molecule has 1 heterocycles. The van der Waals surface area contributed by atoms with E-state index in [2.05, 4.69) is 19.2 Å². The Balaban J connectivity index is 2.19. The Morgan fingerprint density at radius 1 is 1.26 bits per heavy atom. The smallest absolute Gasteiger partial charge is 0.253 e. The van der Waals surface area contributed by atoms with E-state index in [0.717, 1.165) is 25.1 Å². The number of aryl methyl sites for hydroxylation is 1. The van der Waals surface area contributed by atoms with Crippen LogP contribution < -0.4 is 11.1 Å². The first kappa shape index (κ1) is 17.5. The van der Waals surface area contributed by atoms with E-state index in [1.54, 1.807) is 13.0 Å². The van der Waals surface area contributed by atoms with Gasteiger partial charge in [-0.3, -0.25) is 9.59 Å². The van der Waals surface area contributed by atoms with E-state index >= 15 is 0 Å². The number of rotatable bonds is 3. The van der Waals surface area contributed by atoms with Gasteiger partial charge in [-0.15, -0.1) is 0 Å². The first-order chi connectivity index (χ1) is 10.8. The summed E-state index contributed by atoms with van der Waals surface area (Å²) < 4.78 is 0. The molecule has 0 aromatic heterocycles. The van der Waals surface area contributed by atoms with Crippen LogP contribution in [0.3, 0.4) is 0 Å². The topological polar surface area (TPSA) is 75.4 Å². The first-order valence-electron chi connectivity index (χ1n) is 8.24. The molecule has 1 aromatic carbocycles. The molecule has 0 saturated carbocycles. The number of piperidine rings is 1. The highest BCUT2D eigenvalue weighted by atomic mass is 16.2. The number of amides is 2. The largest absolute Gasteiger partial charge is 0.338 e. The standard InChI is InChI=1S/C18H27N3O2/c1-11-7-12(2)10-21(9-11)18(23)15-6-5-13(3)16(8-15)20-17(22)14(4)19/h5-6,8,11-12,14H,7,9-10,19H2,1-4H3,(H,20,22)/t11?,12?,14-/m0/s1. The van der Waals surface area contributed by atoms with Gasteiger partial charge in [0, 0.05) is 24.3 Å². The van der Waals surface area contributed by atoms with Gasteiger partial charge in [-0.05, 0) is 49.8 Å². The zero-order valence-corrected chi connectivity index (χ0v) is 14.4. The van der Waals surface area contributed by atoms with Crippen LogP contribution in [-0.2, 0) is 4.79 Å². The van der Waals surface area contributed by atoms with Crippen LogP contribution in [0.5, 0.6) is 0 Å². The SMILES string of the molecule is Cc1ccc(C(=O)N2CC(C)CC(C)C2)cc1NC(=O)[C@H](C)N. The normalized spacial score (nSPS) is 22.6. The fourth-order valence-electron chi connectivity index (χ4n) is 3.15. The third kappa shape index (κ3) is 4.32. The molecule has 126 valence electrons. The van der Waals surface area contributed by atoms with Crippen LogP contribution in [0.4, 0.5) is 5.69 Å². The van der Waals surface area contributed by atoms with E-state index in [0.29, 0.717) is 23.1 Å². The lowest BCUT2D eigenvalue weighted by atomic mass is 9.91. The van der Waals surface area contributed by atoms with Crippen molar-refractivity contribution in [2.75, 3.05) is 18.4 Å². The van der Waals surface area contributed by atoms with E-state index < -0.39 is 6.04 Å². The Bertz CT molecular complexity index is 588. The second kappa shape index (κ2) is 7.13. The molecule has 1 aliphatic heterocycles. The van der Waals surface area contributed by atoms with E-state index in [4.69, 9.17) is 5.73 Å². The third-order valence-electron chi connectivity index (χ3n) is 4.31. The minimum Gasteiger partial charge on any atom is -0.338 e. The molecule has 0 spiro atoms. The number of carbonyl (C=O) groups excluding carboxylic acids is 2. The third-order valence-corrected chi connectivity index (χ3v) is 4.31. The van der Waals surface area contributed by atoms with Gasteiger partial charge in [0.05, 0.1) is 6.04 Å². The lowest BCUT2D eigenvalue weighted by Gasteiger charge is -2.35. The summed E-state index contributed by atoms with van der Waals surface area (Å²) in [6.07, 6.45) is 1.16. The molecule has 2 unspecified atom stereocenters. The van der Waals surface area contributed by atoms with Gasteiger partial charge in [0.1, 0.15) is 0 Å². The molecule has 0 radical (unpaired) electrons. The average Bonchev–Trinajstić information content (AvgIpc) is 2.47. The summed E-state index contributed by atoms with van der Waals surface area (Å²) in [5, 5.41) is 2.79. The van der Waals surface area contributed by atoms with Crippen molar-refractivity contribution in [2.24, 2.45) is 17.6 Å². The molecule has 3 N–H and O–H groups in total. The summed E-state index contributed by atoms with van der Waals surface area (Å²) in [5.74, 6) is 0.813. The number of nitrogens with zero attached hydrogens (tertiary/aromatic N) is 1. The fraction of sp³-hybridized carbons (Fsp3) is 0.556. The highest BCUT2D eigenvalue weighted by Crippen LogP contribution is 2.24. The molecular formula is C18H27N3O2. The van der Waals surface area contributed by atoms with E-state index in [1.807, 2.05) is 24.0 Å². The molecule has 5 nitrogen and oxygen atoms in total. The number of hydrogen-bond acceptors (Lipinski definition) is 3. The molecule has 1 aliphatic rings. The van der Waals surface area contributed by atoms with Crippen molar-refractivity contribution < 1.29 is 9.59 Å². The van der Waals surface area contributed by atoms with Crippen molar-refractivity contribution in [1.82, 2.24) is 4.90 Å². The van der Waals surface area contributed by atoms with Gasteiger partial charge in [0.2, 0.25) is 5.91 Å². The van der Waals surface area contributed by atoms with E-state index in [1.165, 1.54) is 0 Å². The van der Waals surface area contributed by atoms with Crippen LogP contribution in [0.1, 0.15) is 43.1 Å². The fourth-order valence-corrected chi connectivity index (χ4v) is 3.15. The van der Waals surface area contributed by atoms with Crippen LogP contribution in [0, 0.1) is 18.8 Å². The minimum atomic E-state index is -0.586. The molecular weight excluding hydrogens is 290 g/mol. The highest BCUT2D eigenvalue weighted by molar-refractivity contribution is 5.99. The van der Waals surface area contributed by atoms with Gasteiger partial charge in [-0.2, -0.15) is 0 Å². The van der Waals surface area contributed by atoms with Gasteiger partial charge in [-0.25, -0.2) is 0 Å². The maximum absolute atomic E-state index is 12.8. The number of anilines is 1. The van der Waals surface area contributed by atoms with Gasteiger partial charge in [-0.1, -0.05) is 19.9 Å². The monoisotopic (exact) mass is 317 g/mol. The summed E-state index contributed by atoms with van der Waals surface area (Å²) in [5.41, 5.74) is 7.76. The molecule has 5 heteroatoms. The Morgan fingerprint density at radius 3 is 2.43 bits per heavy atom. The molecule has 0 bridgehead atoms. The number of carbonyl (C=O) groups is 2. The Morgan fingerprint density at radius 2 is 1.87 bits per heavy atom. The van der Waals surface area contributed by atoms with Crippen molar-refractivity contribution in [3.63, 3.8) is 0 Å². The number of nitrogens with one attached hydrogen (secondary N) is 1. The van der Waals surface area contributed by atoms with Crippen LogP contribution in [0.25, 0.3) is 0 Å². The maximum Gasteiger partial charge on any atom is 0.253 e. The lowest BCUT2D eigenvalue weighted by Crippen LogP contribution is -2.42. The molecule has 3 atom stereocenters. The van der Waals surface area contributed by atoms with E-state index in [9.17, 15) is 9.59 Å². The number of benzene rings is 1. The Hall–Kier alpha value is -1.88. The number of nitrogens with two attached hydrogens (primary N) is 1. The van der Waals surface area contributed by atoms with Crippen molar-refractivity contribution in [3.8, 4) is 0 Å². The molecule has 23 heavy (non-hydrogen) atoms. The average molecular weight is 317 g/mol. The summed E-state index contributed by atoms with van der Waals surface area (Å²) in [7, 11) is 0. The summed E-state index contributed by atoms with van der Waals surface area (Å²) in [4.78, 5) is 26.5. The molecule has 1 aromatic rings. The zero-order valence-electron chi connectivity index (χ0n) is 14.4. The minimum absolute atomic E-state index is 0.0275. The molecule has 2 rings (SSSR count). The zero-order chi connectivity index (χ0) is 17.1. The number of likely N-dealkylation sites (tertiary alicyclic amines) is 1. The van der Waals surface area contributed by atoms with Gasteiger partial charge < -0.3 is 16.0 Å². The Labute approximate surface area is 138 Å². The lowest BCUT2D eigenvalue weighted by molar-refractivity contribution is -0.117. The van der Waals surface area contributed by atoms with Crippen LogP contribution in [-0.4, -0.2) is 35.8 Å². The van der Waals surface area contributed by atoms with Crippen LogP contribution in [0.15, 0.2) is 18.2 Å². The van der Waals surface area contributed by atoms with Crippen molar-refractivity contribution in [1.29, 1.82) is 0 Å². The molecule has 1 saturated heterocycles. The van der Waals surface area contributed by atoms with Crippen LogP contribution >= 0.6 is 0 Å². The summed E-state index contributed by atoms with van der Waals surface area (Å²) in [6, 6.07) is 4.85. The molecule has 2 amide bonds. The number of hydrogen-bond donors (Lipinski definition) is 2. The predicted octanol–water partition coefficient (Wildman–Crippen LogP) is 2.40. The van der Waals surface area contributed by atoms with Crippen molar-refractivity contribution in [3.05, 3.63) is 29.3 Å². The van der Waals surface area contributed by atoms with E-state index in [-0.39, 0.29) is 11.8 Å². The highest BCUT2D eigenvalue weighted by Gasteiger charge is 2.26. The summed E-state index contributed by atoms with van der Waals surface area (Å²) in [6.45, 7) is 9.47. The molecule has 1 fully saturated rings. The second-order valence-electron chi connectivity index (χ2n) is 6.96. The second-order valence-corrected chi connectivity index (χ2v) is 6.96. The van der Waals surface area contributed by atoms with Crippen molar-refractivity contribution in [2.45, 2.75) is 40.2 Å². The van der Waals surface area contributed by atoms with Crippen LogP contribution in [0.2, 0.25) is 0 Å². The Kier molecular flexibility index (Phi) is 5.42. The van der Waals surface area contributed by atoms with Gasteiger partial charge in [0.25, 0.3) is 5.91 Å². The predicted molar refractivity (Wildman–Crippen MR) is 92.3 cm³/mol. The summed E-state index contributed by atoms with van der Waals surface area (Å²) >= 11 is 0. The maximum atomic E-state index is 12.8. The first-order valence-corrected chi connectivity index (χ1v) is 8.24.